The minimum absolute atomic E-state index is 0.324. The number of thioether (sulfide) groups is 1. The lowest BCUT2D eigenvalue weighted by atomic mass is 10.1. The highest BCUT2D eigenvalue weighted by Gasteiger charge is 2.33. The molecule has 0 fully saturated rings. The number of alkyl halides is 3. The third kappa shape index (κ3) is 5.75. The Morgan fingerprint density at radius 3 is 2.50 bits per heavy atom. The summed E-state index contributed by atoms with van der Waals surface area (Å²) >= 11 is 1.28. The third-order valence-corrected chi connectivity index (χ3v) is 4.18. The molecule has 0 aliphatic heterocycles. The highest BCUT2D eigenvalue weighted by molar-refractivity contribution is 7.99. The first-order valence-electron chi connectivity index (χ1n) is 6.88. The van der Waals surface area contributed by atoms with E-state index in [2.05, 4.69) is 5.32 Å². The molecule has 1 N–H and O–H groups in total. The molecule has 20 heavy (non-hydrogen) atoms. The molecule has 0 unspecified atom stereocenters. The lowest BCUT2D eigenvalue weighted by Gasteiger charge is -2.15. The maximum absolute atomic E-state index is 13.1. The van der Waals surface area contributed by atoms with Crippen molar-refractivity contribution in [2.45, 2.75) is 44.8 Å². The average Bonchev–Trinajstić information content (AvgIpc) is 2.36. The second-order valence-corrected chi connectivity index (χ2v) is 6.27. The van der Waals surface area contributed by atoms with Crippen LogP contribution in [0.3, 0.4) is 0 Å². The molecule has 0 radical (unpaired) electrons. The van der Waals surface area contributed by atoms with E-state index in [0.717, 1.165) is 13.0 Å². The van der Waals surface area contributed by atoms with Crippen LogP contribution in [0.15, 0.2) is 23.1 Å². The van der Waals surface area contributed by atoms with Crippen molar-refractivity contribution >= 4 is 11.8 Å². The molecule has 1 nitrogen and oxygen atoms in total. The van der Waals surface area contributed by atoms with E-state index in [1.807, 2.05) is 20.8 Å². The Morgan fingerprint density at radius 2 is 1.95 bits per heavy atom. The monoisotopic (exact) mass is 305 g/mol. The summed E-state index contributed by atoms with van der Waals surface area (Å²) in [6.45, 7) is 7.32. The first-order chi connectivity index (χ1) is 9.34. The van der Waals surface area contributed by atoms with Crippen molar-refractivity contribution < 1.29 is 13.2 Å². The Balaban J connectivity index is 2.89. The van der Waals surface area contributed by atoms with Gasteiger partial charge in [-0.3, -0.25) is 0 Å². The van der Waals surface area contributed by atoms with Crippen molar-refractivity contribution in [2.24, 2.45) is 5.92 Å². The van der Waals surface area contributed by atoms with Crippen LogP contribution < -0.4 is 5.32 Å². The van der Waals surface area contributed by atoms with Gasteiger partial charge in [0.2, 0.25) is 0 Å². The maximum Gasteiger partial charge on any atom is 0.417 e. The summed E-state index contributed by atoms with van der Waals surface area (Å²) < 4.78 is 39.3. The van der Waals surface area contributed by atoms with Crippen LogP contribution in [0.25, 0.3) is 0 Å². The smallest absolute Gasteiger partial charge is 0.313 e. The number of halogens is 3. The summed E-state index contributed by atoms with van der Waals surface area (Å²) in [6, 6.07) is 4.64. The van der Waals surface area contributed by atoms with E-state index in [9.17, 15) is 13.2 Å². The number of hydrogen-bond donors (Lipinski definition) is 1. The lowest BCUT2D eigenvalue weighted by Crippen LogP contribution is -2.15. The van der Waals surface area contributed by atoms with Gasteiger partial charge >= 0.3 is 6.18 Å². The summed E-state index contributed by atoms with van der Waals surface area (Å²) in [7, 11) is 0. The van der Waals surface area contributed by atoms with E-state index in [0.29, 0.717) is 28.7 Å². The van der Waals surface area contributed by atoms with Gasteiger partial charge in [0, 0.05) is 17.2 Å². The summed E-state index contributed by atoms with van der Waals surface area (Å²) in [5, 5.41) is 3.13. The van der Waals surface area contributed by atoms with Crippen LogP contribution in [0.5, 0.6) is 0 Å². The second kappa shape index (κ2) is 7.93. The van der Waals surface area contributed by atoms with Gasteiger partial charge < -0.3 is 5.32 Å². The van der Waals surface area contributed by atoms with Crippen LogP contribution in [-0.2, 0) is 12.7 Å². The van der Waals surface area contributed by atoms with E-state index in [1.165, 1.54) is 17.8 Å². The van der Waals surface area contributed by atoms with E-state index >= 15 is 0 Å². The maximum atomic E-state index is 13.1. The molecule has 0 amide bonds. The minimum Gasteiger partial charge on any atom is -0.313 e. The Labute approximate surface area is 123 Å². The topological polar surface area (TPSA) is 12.0 Å². The molecular formula is C15H22F3NS. The molecular weight excluding hydrogens is 283 g/mol. The van der Waals surface area contributed by atoms with Gasteiger partial charge in [-0.15, -0.1) is 11.8 Å². The van der Waals surface area contributed by atoms with Gasteiger partial charge in [0.15, 0.2) is 0 Å². The van der Waals surface area contributed by atoms with Gasteiger partial charge in [0.05, 0.1) is 5.56 Å². The van der Waals surface area contributed by atoms with Gasteiger partial charge in [0.1, 0.15) is 0 Å². The SMILES string of the molecule is CCCNCc1ccc(SCC(C)C)c(C(F)(F)F)c1. The summed E-state index contributed by atoms with van der Waals surface area (Å²) in [5.74, 6) is 1.06. The Kier molecular flexibility index (Phi) is 6.89. The zero-order valence-electron chi connectivity index (χ0n) is 12.2. The fourth-order valence-electron chi connectivity index (χ4n) is 1.70. The van der Waals surface area contributed by atoms with Crippen molar-refractivity contribution in [2.75, 3.05) is 12.3 Å². The molecule has 0 saturated heterocycles. The predicted octanol–water partition coefficient (Wildman–Crippen LogP) is 4.95. The fraction of sp³-hybridized carbons (Fsp3) is 0.600. The molecule has 0 spiro atoms. The van der Waals surface area contributed by atoms with Gasteiger partial charge in [-0.1, -0.05) is 26.8 Å². The van der Waals surface area contributed by atoms with Crippen LogP contribution in [0, 0.1) is 5.92 Å². The van der Waals surface area contributed by atoms with Crippen LogP contribution in [0.2, 0.25) is 0 Å². The van der Waals surface area contributed by atoms with Crippen LogP contribution in [0.4, 0.5) is 13.2 Å². The predicted molar refractivity (Wildman–Crippen MR) is 79.0 cm³/mol. The molecule has 0 aromatic heterocycles. The van der Waals surface area contributed by atoms with Crippen molar-refractivity contribution in [3.63, 3.8) is 0 Å². The standard InChI is InChI=1S/C15H22F3NS/c1-4-7-19-9-12-5-6-14(20-10-11(2)3)13(8-12)15(16,17)18/h5-6,8,11,19H,4,7,9-10H2,1-3H3. The summed E-state index contributed by atoms with van der Waals surface area (Å²) in [5.41, 5.74) is 0.165. The molecule has 1 aromatic carbocycles. The number of hydrogen-bond acceptors (Lipinski definition) is 2. The molecule has 1 aromatic rings. The lowest BCUT2D eigenvalue weighted by molar-refractivity contribution is -0.139. The van der Waals surface area contributed by atoms with Crippen LogP contribution in [-0.4, -0.2) is 12.3 Å². The van der Waals surface area contributed by atoms with Crippen LogP contribution in [0.1, 0.15) is 38.3 Å². The van der Waals surface area contributed by atoms with Crippen LogP contribution >= 0.6 is 11.8 Å². The van der Waals surface area contributed by atoms with Gasteiger partial charge in [-0.05, 0) is 36.6 Å². The summed E-state index contributed by atoms with van der Waals surface area (Å²) in [6.07, 6.45) is -3.32. The zero-order chi connectivity index (χ0) is 15.2. The van der Waals surface area contributed by atoms with E-state index in [-0.39, 0.29) is 0 Å². The Bertz CT molecular complexity index is 416. The van der Waals surface area contributed by atoms with E-state index in [4.69, 9.17) is 0 Å². The normalized spacial score (nSPS) is 12.2. The number of benzene rings is 1. The molecule has 0 aliphatic rings. The van der Waals surface area contributed by atoms with Crippen molar-refractivity contribution in [1.29, 1.82) is 0 Å². The van der Waals surface area contributed by atoms with Crippen molar-refractivity contribution in [3.05, 3.63) is 29.3 Å². The molecule has 1 rings (SSSR count). The highest BCUT2D eigenvalue weighted by atomic mass is 32.2. The van der Waals surface area contributed by atoms with E-state index in [1.54, 1.807) is 12.1 Å². The third-order valence-electron chi connectivity index (χ3n) is 2.68. The average molecular weight is 305 g/mol. The Morgan fingerprint density at radius 1 is 1.25 bits per heavy atom. The van der Waals surface area contributed by atoms with Gasteiger partial charge in [0.25, 0.3) is 0 Å². The Hall–Kier alpha value is -0.680. The highest BCUT2D eigenvalue weighted by Crippen LogP contribution is 2.37. The summed E-state index contributed by atoms with van der Waals surface area (Å²) in [4.78, 5) is 0.324. The number of rotatable bonds is 7. The minimum atomic E-state index is -4.29. The van der Waals surface area contributed by atoms with Crippen molar-refractivity contribution in [1.82, 2.24) is 5.32 Å². The zero-order valence-corrected chi connectivity index (χ0v) is 13.0. The fourth-order valence-corrected chi connectivity index (χ4v) is 2.71. The van der Waals surface area contributed by atoms with Crippen molar-refractivity contribution in [3.8, 4) is 0 Å². The van der Waals surface area contributed by atoms with Gasteiger partial charge in [-0.25, -0.2) is 0 Å². The first kappa shape index (κ1) is 17.4. The molecule has 0 heterocycles. The molecule has 0 bridgehead atoms. The quantitative estimate of drug-likeness (QED) is 0.565. The number of nitrogens with one attached hydrogen (secondary N) is 1. The first-order valence-corrected chi connectivity index (χ1v) is 7.86. The molecule has 5 heteroatoms. The molecule has 114 valence electrons. The molecule has 0 atom stereocenters. The second-order valence-electron chi connectivity index (χ2n) is 5.21. The van der Waals surface area contributed by atoms with E-state index < -0.39 is 11.7 Å². The molecule has 0 aliphatic carbocycles. The van der Waals surface area contributed by atoms with Gasteiger partial charge in [-0.2, -0.15) is 13.2 Å². The molecule has 0 saturated carbocycles. The largest absolute Gasteiger partial charge is 0.417 e.